The van der Waals surface area contributed by atoms with E-state index >= 15 is 0 Å². The van der Waals surface area contributed by atoms with Crippen LogP contribution < -0.4 is 5.32 Å². The van der Waals surface area contributed by atoms with Gasteiger partial charge in [-0.2, -0.15) is 0 Å². The summed E-state index contributed by atoms with van der Waals surface area (Å²) in [6, 6.07) is 15.9. The van der Waals surface area contributed by atoms with Gasteiger partial charge in [0.2, 0.25) is 0 Å². The van der Waals surface area contributed by atoms with E-state index in [1.165, 1.54) is 11.1 Å². The van der Waals surface area contributed by atoms with E-state index < -0.39 is 0 Å². The Morgan fingerprint density at radius 1 is 1.10 bits per heavy atom. The number of ether oxygens (including phenoxy) is 1. The summed E-state index contributed by atoms with van der Waals surface area (Å²) < 4.78 is 5.10. The van der Waals surface area contributed by atoms with Gasteiger partial charge in [-0.1, -0.05) is 36.4 Å². The number of rotatable bonds is 6. The highest BCUT2D eigenvalue weighted by Crippen LogP contribution is 2.18. The average molecular weight is 271 g/mol. The van der Waals surface area contributed by atoms with Crippen LogP contribution in [-0.4, -0.2) is 12.2 Å². The molecular weight excluding hydrogens is 250 g/mol. The third-order valence-corrected chi connectivity index (χ3v) is 3.32. The minimum Gasteiger partial charge on any atom is -0.508 e. The van der Waals surface area contributed by atoms with Gasteiger partial charge in [0, 0.05) is 19.7 Å². The van der Waals surface area contributed by atoms with Crippen molar-refractivity contribution in [1.29, 1.82) is 0 Å². The summed E-state index contributed by atoms with van der Waals surface area (Å²) in [6.07, 6.45) is 0. The van der Waals surface area contributed by atoms with Crippen LogP contribution in [0.2, 0.25) is 0 Å². The van der Waals surface area contributed by atoms with Gasteiger partial charge < -0.3 is 15.2 Å². The van der Waals surface area contributed by atoms with Crippen molar-refractivity contribution >= 4 is 0 Å². The second-order valence-electron chi connectivity index (χ2n) is 4.95. The molecule has 2 aromatic rings. The fourth-order valence-electron chi connectivity index (χ4n) is 2.10. The first-order chi connectivity index (χ1) is 9.69. The second-order valence-corrected chi connectivity index (χ2v) is 4.95. The predicted molar refractivity (Wildman–Crippen MR) is 80.5 cm³/mol. The Labute approximate surface area is 120 Å². The van der Waals surface area contributed by atoms with Crippen LogP contribution >= 0.6 is 0 Å². The van der Waals surface area contributed by atoms with E-state index in [1.54, 1.807) is 19.2 Å². The zero-order valence-corrected chi connectivity index (χ0v) is 12.0. The molecule has 2 rings (SSSR count). The molecule has 20 heavy (non-hydrogen) atoms. The fraction of sp³-hybridized carbons (Fsp3) is 0.294. The molecule has 0 saturated heterocycles. The molecule has 0 aromatic heterocycles. The van der Waals surface area contributed by atoms with Crippen LogP contribution in [-0.2, 0) is 17.9 Å². The highest BCUT2D eigenvalue weighted by Gasteiger charge is 2.05. The van der Waals surface area contributed by atoms with Gasteiger partial charge in [0.25, 0.3) is 0 Å². The summed E-state index contributed by atoms with van der Waals surface area (Å²) in [5, 5.41) is 12.9. The molecule has 3 nitrogen and oxygen atoms in total. The first-order valence-electron chi connectivity index (χ1n) is 6.78. The number of methoxy groups -OCH3 is 1. The highest BCUT2D eigenvalue weighted by molar-refractivity contribution is 5.29. The molecule has 0 bridgehead atoms. The van der Waals surface area contributed by atoms with Gasteiger partial charge in [0.05, 0.1) is 6.61 Å². The van der Waals surface area contributed by atoms with Gasteiger partial charge in [-0.05, 0) is 35.7 Å². The van der Waals surface area contributed by atoms with Gasteiger partial charge in [-0.25, -0.2) is 0 Å². The van der Waals surface area contributed by atoms with E-state index in [2.05, 4.69) is 36.5 Å². The average Bonchev–Trinajstić information content (AvgIpc) is 2.46. The molecule has 0 aliphatic heterocycles. The van der Waals surface area contributed by atoms with E-state index in [1.807, 2.05) is 12.1 Å². The molecule has 0 aliphatic rings. The van der Waals surface area contributed by atoms with Gasteiger partial charge in [0.1, 0.15) is 5.75 Å². The lowest BCUT2D eigenvalue weighted by Gasteiger charge is -2.14. The van der Waals surface area contributed by atoms with Crippen molar-refractivity contribution in [3.8, 4) is 5.75 Å². The maximum Gasteiger partial charge on any atom is 0.115 e. The van der Waals surface area contributed by atoms with E-state index in [0.717, 1.165) is 12.1 Å². The standard InChI is InChI=1S/C17H21NO2/c1-13(16-4-3-5-17(19)10-16)18-11-14-6-8-15(9-7-14)12-20-2/h3-10,13,18-19H,11-12H2,1-2H3. The van der Waals surface area contributed by atoms with Crippen molar-refractivity contribution in [2.45, 2.75) is 26.1 Å². The van der Waals surface area contributed by atoms with Crippen LogP contribution in [0, 0.1) is 0 Å². The van der Waals surface area contributed by atoms with Crippen molar-refractivity contribution < 1.29 is 9.84 Å². The number of benzene rings is 2. The van der Waals surface area contributed by atoms with E-state index in [4.69, 9.17) is 4.74 Å². The lowest BCUT2D eigenvalue weighted by molar-refractivity contribution is 0.185. The van der Waals surface area contributed by atoms with E-state index in [0.29, 0.717) is 12.4 Å². The zero-order chi connectivity index (χ0) is 14.4. The Bertz CT molecular complexity index is 537. The molecule has 0 spiro atoms. The van der Waals surface area contributed by atoms with Crippen molar-refractivity contribution in [3.63, 3.8) is 0 Å². The second kappa shape index (κ2) is 7.08. The quantitative estimate of drug-likeness (QED) is 0.846. The maximum absolute atomic E-state index is 9.49. The molecule has 2 aromatic carbocycles. The summed E-state index contributed by atoms with van der Waals surface area (Å²) in [5.41, 5.74) is 3.50. The molecule has 0 radical (unpaired) electrons. The van der Waals surface area contributed by atoms with Crippen molar-refractivity contribution in [1.82, 2.24) is 5.32 Å². The Hall–Kier alpha value is -1.84. The Kier molecular flexibility index (Phi) is 5.16. The Morgan fingerprint density at radius 2 is 1.80 bits per heavy atom. The lowest BCUT2D eigenvalue weighted by atomic mass is 10.1. The van der Waals surface area contributed by atoms with Crippen LogP contribution in [0.15, 0.2) is 48.5 Å². The van der Waals surface area contributed by atoms with E-state index in [-0.39, 0.29) is 6.04 Å². The van der Waals surface area contributed by atoms with Crippen molar-refractivity contribution in [2.24, 2.45) is 0 Å². The third-order valence-electron chi connectivity index (χ3n) is 3.32. The molecule has 106 valence electrons. The van der Waals surface area contributed by atoms with Gasteiger partial charge in [0.15, 0.2) is 0 Å². The largest absolute Gasteiger partial charge is 0.508 e. The molecule has 3 heteroatoms. The van der Waals surface area contributed by atoms with Gasteiger partial charge in [-0.15, -0.1) is 0 Å². The van der Waals surface area contributed by atoms with Gasteiger partial charge in [-0.3, -0.25) is 0 Å². The van der Waals surface area contributed by atoms with Crippen LogP contribution in [0.3, 0.4) is 0 Å². The normalized spacial score (nSPS) is 12.3. The molecule has 0 heterocycles. The number of aromatic hydroxyl groups is 1. The minimum absolute atomic E-state index is 0.195. The molecule has 1 unspecified atom stereocenters. The SMILES string of the molecule is COCc1ccc(CNC(C)c2cccc(O)c2)cc1. The summed E-state index contributed by atoms with van der Waals surface area (Å²) in [6.45, 7) is 3.53. The van der Waals surface area contributed by atoms with Crippen LogP contribution in [0.4, 0.5) is 0 Å². The Morgan fingerprint density at radius 3 is 2.45 bits per heavy atom. The first kappa shape index (κ1) is 14.6. The minimum atomic E-state index is 0.195. The van der Waals surface area contributed by atoms with Crippen molar-refractivity contribution in [2.75, 3.05) is 7.11 Å². The maximum atomic E-state index is 9.49. The zero-order valence-electron chi connectivity index (χ0n) is 12.0. The summed E-state index contributed by atoms with van der Waals surface area (Å²) in [5.74, 6) is 0.306. The van der Waals surface area contributed by atoms with Crippen LogP contribution in [0.25, 0.3) is 0 Å². The van der Waals surface area contributed by atoms with Crippen LogP contribution in [0.1, 0.15) is 29.7 Å². The molecular formula is C17H21NO2. The summed E-state index contributed by atoms with van der Waals surface area (Å²) in [7, 11) is 1.70. The van der Waals surface area contributed by atoms with Crippen molar-refractivity contribution in [3.05, 3.63) is 65.2 Å². The lowest BCUT2D eigenvalue weighted by Crippen LogP contribution is -2.17. The topological polar surface area (TPSA) is 41.5 Å². The molecule has 1 atom stereocenters. The monoisotopic (exact) mass is 271 g/mol. The molecule has 0 amide bonds. The smallest absolute Gasteiger partial charge is 0.115 e. The van der Waals surface area contributed by atoms with Crippen LogP contribution in [0.5, 0.6) is 5.75 Å². The molecule has 0 aliphatic carbocycles. The fourth-order valence-corrected chi connectivity index (χ4v) is 2.10. The predicted octanol–water partition coefficient (Wildman–Crippen LogP) is 3.39. The molecule has 0 saturated carbocycles. The van der Waals surface area contributed by atoms with E-state index in [9.17, 15) is 5.11 Å². The first-order valence-corrected chi connectivity index (χ1v) is 6.78. The number of phenols is 1. The summed E-state index contributed by atoms with van der Waals surface area (Å²) in [4.78, 5) is 0. The Balaban J connectivity index is 1.91. The van der Waals surface area contributed by atoms with Gasteiger partial charge >= 0.3 is 0 Å². The number of phenolic OH excluding ortho intramolecular Hbond substituents is 1. The highest BCUT2D eigenvalue weighted by atomic mass is 16.5. The molecule has 2 N–H and O–H groups in total. The number of hydrogen-bond donors (Lipinski definition) is 2. The molecule has 0 fully saturated rings. The summed E-state index contributed by atoms with van der Waals surface area (Å²) >= 11 is 0. The third kappa shape index (κ3) is 4.08. The number of nitrogens with one attached hydrogen (secondary N) is 1. The number of hydrogen-bond acceptors (Lipinski definition) is 3.